The molecule has 1 heterocycles. The summed E-state index contributed by atoms with van der Waals surface area (Å²) in [6.07, 6.45) is 2.05. The van der Waals surface area contributed by atoms with Gasteiger partial charge in [0.1, 0.15) is 5.75 Å². The summed E-state index contributed by atoms with van der Waals surface area (Å²) in [6.45, 7) is 2.73. The zero-order valence-corrected chi connectivity index (χ0v) is 12.7. The maximum absolute atomic E-state index is 12.6. The average Bonchev–Trinajstić information content (AvgIpc) is 2.95. The summed E-state index contributed by atoms with van der Waals surface area (Å²) in [4.78, 5) is 12.6. The molecule has 2 nitrogen and oxygen atoms in total. The summed E-state index contributed by atoms with van der Waals surface area (Å²) < 4.78 is 5.67. The number of hydrogen-bond donors (Lipinski definition) is 0. The van der Waals surface area contributed by atoms with E-state index in [1.807, 2.05) is 36.4 Å². The molecular formula is C18H17ClO2. The van der Waals surface area contributed by atoms with Gasteiger partial charge in [-0.25, -0.2) is 0 Å². The number of ketones is 1. The van der Waals surface area contributed by atoms with Crippen LogP contribution in [0.5, 0.6) is 5.75 Å². The van der Waals surface area contributed by atoms with Gasteiger partial charge in [0.15, 0.2) is 5.78 Å². The van der Waals surface area contributed by atoms with E-state index >= 15 is 0 Å². The number of hydrogen-bond acceptors (Lipinski definition) is 2. The molecule has 0 aliphatic carbocycles. The number of fused-ring (bicyclic) bond motifs is 1. The van der Waals surface area contributed by atoms with Gasteiger partial charge in [-0.2, -0.15) is 0 Å². The zero-order chi connectivity index (χ0) is 14.8. The largest absolute Gasteiger partial charge is 0.493 e. The zero-order valence-electron chi connectivity index (χ0n) is 12.0. The molecule has 0 radical (unpaired) electrons. The summed E-state index contributed by atoms with van der Waals surface area (Å²) in [6, 6.07) is 11.6. The predicted octanol–water partition coefficient (Wildman–Crippen LogP) is 4.26. The third-order valence-electron chi connectivity index (χ3n) is 3.88. The molecule has 0 aromatic heterocycles. The van der Waals surface area contributed by atoms with Crippen LogP contribution in [0.4, 0.5) is 0 Å². The third-order valence-corrected chi connectivity index (χ3v) is 4.09. The molecular weight excluding hydrogens is 284 g/mol. The number of Topliss-reactive ketones (excluding diaryl/α,β-unsaturated/α-hetero) is 1. The highest BCUT2D eigenvalue weighted by Crippen LogP contribution is 2.33. The lowest BCUT2D eigenvalue weighted by atomic mass is 9.96. The van der Waals surface area contributed by atoms with E-state index in [0.29, 0.717) is 18.1 Å². The Morgan fingerprint density at radius 3 is 2.86 bits per heavy atom. The lowest BCUT2D eigenvalue weighted by Gasteiger charge is -2.10. The summed E-state index contributed by atoms with van der Waals surface area (Å²) in [7, 11) is 0. The van der Waals surface area contributed by atoms with E-state index in [4.69, 9.17) is 16.3 Å². The molecule has 3 heteroatoms. The first kappa shape index (κ1) is 14.2. The monoisotopic (exact) mass is 300 g/mol. The van der Waals surface area contributed by atoms with E-state index in [0.717, 1.165) is 40.8 Å². The standard InChI is InChI=1S/C18H17ClO2/c1-2-12-5-3-4-6-16(12)17(20)11-14-10-15(19)9-13-7-8-21-18(13)14/h3-6,9-10H,2,7-8,11H2,1H3. The molecule has 108 valence electrons. The number of ether oxygens (including phenoxy) is 1. The molecule has 21 heavy (non-hydrogen) atoms. The van der Waals surface area contributed by atoms with Gasteiger partial charge in [-0.05, 0) is 29.7 Å². The number of carbonyl (C=O) groups is 1. The molecule has 0 saturated heterocycles. The van der Waals surface area contributed by atoms with Crippen molar-refractivity contribution < 1.29 is 9.53 Å². The van der Waals surface area contributed by atoms with Crippen molar-refractivity contribution in [1.82, 2.24) is 0 Å². The number of carbonyl (C=O) groups excluding carboxylic acids is 1. The quantitative estimate of drug-likeness (QED) is 0.789. The molecule has 2 aromatic carbocycles. The molecule has 0 saturated carbocycles. The van der Waals surface area contributed by atoms with Crippen LogP contribution in [0.2, 0.25) is 5.02 Å². The summed E-state index contributed by atoms with van der Waals surface area (Å²) in [5, 5.41) is 0.672. The Morgan fingerprint density at radius 1 is 1.24 bits per heavy atom. The van der Waals surface area contributed by atoms with E-state index in [1.54, 1.807) is 0 Å². The van der Waals surface area contributed by atoms with E-state index in [9.17, 15) is 4.79 Å². The van der Waals surface area contributed by atoms with E-state index < -0.39 is 0 Å². The van der Waals surface area contributed by atoms with Crippen LogP contribution in [-0.4, -0.2) is 12.4 Å². The summed E-state index contributed by atoms with van der Waals surface area (Å²) in [5.74, 6) is 0.967. The Balaban J connectivity index is 1.92. The minimum atomic E-state index is 0.118. The predicted molar refractivity (Wildman–Crippen MR) is 84.5 cm³/mol. The first-order chi connectivity index (χ1) is 10.2. The van der Waals surface area contributed by atoms with Gasteiger partial charge >= 0.3 is 0 Å². The van der Waals surface area contributed by atoms with E-state index in [2.05, 4.69) is 6.92 Å². The smallest absolute Gasteiger partial charge is 0.167 e. The van der Waals surface area contributed by atoms with Crippen LogP contribution in [0.25, 0.3) is 0 Å². The number of aryl methyl sites for hydroxylation is 1. The lowest BCUT2D eigenvalue weighted by molar-refractivity contribution is 0.0991. The summed E-state index contributed by atoms with van der Waals surface area (Å²) >= 11 is 6.15. The molecule has 0 spiro atoms. The number of benzene rings is 2. The van der Waals surface area contributed by atoms with Gasteiger partial charge in [0.05, 0.1) is 6.61 Å². The van der Waals surface area contributed by atoms with Gasteiger partial charge in [-0.15, -0.1) is 0 Å². The van der Waals surface area contributed by atoms with Crippen LogP contribution in [-0.2, 0) is 19.3 Å². The van der Waals surface area contributed by atoms with Crippen LogP contribution in [0, 0.1) is 0 Å². The van der Waals surface area contributed by atoms with Crippen molar-refractivity contribution in [2.24, 2.45) is 0 Å². The molecule has 0 fully saturated rings. The molecule has 0 N–H and O–H groups in total. The van der Waals surface area contributed by atoms with Gasteiger partial charge < -0.3 is 4.74 Å². The first-order valence-corrected chi connectivity index (χ1v) is 7.62. The van der Waals surface area contributed by atoms with Crippen molar-refractivity contribution in [2.45, 2.75) is 26.2 Å². The van der Waals surface area contributed by atoms with E-state index in [1.165, 1.54) is 0 Å². The van der Waals surface area contributed by atoms with E-state index in [-0.39, 0.29) is 5.78 Å². The second-order valence-corrected chi connectivity index (χ2v) is 5.70. The minimum Gasteiger partial charge on any atom is -0.493 e. The molecule has 3 rings (SSSR count). The van der Waals surface area contributed by atoms with Crippen molar-refractivity contribution in [3.05, 3.63) is 63.7 Å². The fourth-order valence-electron chi connectivity index (χ4n) is 2.85. The fourth-order valence-corrected chi connectivity index (χ4v) is 3.11. The van der Waals surface area contributed by atoms with Crippen LogP contribution in [0.15, 0.2) is 36.4 Å². The number of rotatable bonds is 4. The van der Waals surface area contributed by atoms with Gasteiger partial charge in [-0.1, -0.05) is 42.8 Å². The topological polar surface area (TPSA) is 26.3 Å². The molecule has 0 atom stereocenters. The Morgan fingerprint density at radius 2 is 2.05 bits per heavy atom. The van der Waals surface area contributed by atoms with Crippen LogP contribution in [0.1, 0.15) is 34.0 Å². The highest BCUT2D eigenvalue weighted by molar-refractivity contribution is 6.30. The maximum atomic E-state index is 12.6. The third kappa shape index (κ3) is 2.81. The minimum absolute atomic E-state index is 0.118. The second kappa shape index (κ2) is 5.90. The molecule has 0 amide bonds. The SMILES string of the molecule is CCc1ccccc1C(=O)Cc1cc(Cl)cc2c1OCC2. The molecule has 2 aromatic rings. The van der Waals surface area contributed by atoms with Crippen LogP contribution in [0.3, 0.4) is 0 Å². The maximum Gasteiger partial charge on any atom is 0.167 e. The molecule has 0 unspecified atom stereocenters. The van der Waals surface area contributed by atoms with Crippen LogP contribution < -0.4 is 4.74 Å². The highest BCUT2D eigenvalue weighted by atomic mass is 35.5. The van der Waals surface area contributed by atoms with Gasteiger partial charge in [0.25, 0.3) is 0 Å². The Labute approximate surface area is 129 Å². The van der Waals surface area contributed by atoms with Gasteiger partial charge in [0, 0.05) is 29.0 Å². The first-order valence-electron chi connectivity index (χ1n) is 7.24. The van der Waals surface area contributed by atoms with Crippen molar-refractivity contribution in [3.63, 3.8) is 0 Å². The van der Waals surface area contributed by atoms with Crippen molar-refractivity contribution in [1.29, 1.82) is 0 Å². The van der Waals surface area contributed by atoms with Gasteiger partial charge in [0.2, 0.25) is 0 Å². The summed E-state index contributed by atoms with van der Waals surface area (Å²) in [5.41, 5.74) is 3.88. The van der Waals surface area contributed by atoms with Crippen molar-refractivity contribution >= 4 is 17.4 Å². The average molecular weight is 301 g/mol. The van der Waals surface area contributed by atoms with Crippen LogP contribution >= 0.6 is 11.6 Å². The Kier molecular flexibility index (Phi) is 3.98. The normalized spacial score (nSPS) is 12.9. The second-order valence-electron chi connectivity index (χ2n) is 5.26. The fraction of sp³-hybridized carbons (Fsp3) is 0.278. The van der Waals surface area contributed by atoms with Crippen molar-refractivity contribution in [3.8, 4) is 5.75 Å². The highest BCUT2D eigenvalue weighted by Gasteiger charge is 2.20. The molecule has 1 aliphatic rings. The Bertz CT molecular complexity index is 692. The van der Waals surface area contributed by atoms with Gasteiger partial charge in [-0.3, -0.25) is 4.79 Å². The van der Waals surface area contributed by atoms with Crippen molar-refractivity contribution in [2.75, 3.05) is 6.61 Å². The molecule has 0 bridgehead atoms. The Hall–Kier alpha value is -1.80. The lowest BCUT2D eigenvalue weighted by Crippen LogP contribution is -2.07. The number of halogens is 1. The molecule has 1 aliphatic heterocycles.